The molecule has 2 N–H and O–H groups in total. The fourth-order valence-corrected chi connectivity index (χ4v) is 5.76. The maximum absolute atomic E-state index is 6.32. The lowest BCUT2D eigenvalue weighted by atomic mass is 10.1. The van der Waals surface area contributed by atoms with E-state index in [4.69, 9.17) is 23.2 Å². The van der Waals surface area contributed by atoms with Gasteiger partial charge in [-0.1, -0.05) is 73.7 Å². The van der Waals surface area contributed by atoms with Gasteiger partial charge < -0.3 is 5.32 Å². The Bertz CT molecular complexity index is 1090. The zero-order valence-corrected chi connectivity index (χ0v) is 25.0. The third kappa shape index (κ3) is 9.25. The Hall–Kier alpha value is -1.25. The van der Waals surface area contributed by atoms with E-state index >= 15 is 0 Å². The zero-order valence-electron chi connectivity index (χ0n) is 21.1. The molecule has 3 rings (SSSR count). The first-order chi connectivity index (χ1) is 17.5. The second-order valence-corrected chi connectivity index (χ2v) is 11.6. The Morgan fingerprint density at radius 1 is 1.00 bits per heavy atom. The number of benzene rings is 1. The Labute approximate surface area is 238 Å². The SMILES string of the molecule is CNSCc1cc(Cl)cc(C)c1NCCCCCCCCCCc1cc(Br)nn1-c1ncccc1Cl. The van der Waals surface area contributed by atoms with E-state index in [1.807, 2.05) is 29.9 Å². The molecule has 9 heteroatoms. The van der Waals surface area contributed by atoms with Crippen LogP contribution in [0.5, 0.6) is 0 Å². The molecule has 5 nitrogen and oxygen atoms in total. The van der Waals surface area contributed by atoms with Crippen LogP contribution in [-0.4, -0.2) is 28.4 Å². The van der Waals surface area contributed by atoms with Crippen LogP contribution in [0.3, 0.4) is 0 Å². The quantitative estimate of drug-likeness (QED) is 0.125. The molecule has 0 saturated carbocycles. The molecular weight excluding hydrogens is 577 g/mol. The summed E-state index contributed by atoms with van der Waals surface area (Å²) in [6.07, 6.45) is 12.7. The lowest BCUT2D eigenvalue weighted by Crippen LogP contribution is -2.06. The van der Waals surface area contributed by atoms with E-state index in [0.29, 0.717) is 10.8 Å². The second kappa shape index (κ2) is 15.9. The number of halogens is 3. The number of hydrogen-bond donors (Lipinski definition) is 2. The van der Waals surface area contributed by atoms with Gasteiger partial charge in [-0.25, -0.2) is 9.67 Å². The number of anilines is 1. The topological polar surface area (TPSA) is 54.8 Å². The molecule has 0 bridgehead atoms. The highest BCUT2D eigenvalue weighted by molar-refractivity contribution is 9.10. The van der Waals surface area contributed by atoms with Crippen molar-refractivity contribution >= 4 is 56.8 Å². The number of rotatable bonds is 16. The first-order valence-corrected chi connectivity index (χ1v) is 15.2. The van der Waals surface area contributed by atoms with E-state index in [1.54, 1.807) is 18.1 Å². The minimum Gasteiger partial charge on any atom is -0.385 e. The fourth-order valence-electron chi connectivity index (χ4n) is 4.32. The molecule has 3 aromatic rings. The lowest BCUT2D eigenvalue weighted by Gasteiger charge is -2.15. The third-order valence-electron chi connectivity index (χ3n) is 6.11. The van der Waals surface area contributed by atoms with Crippen molar-refractivity contribution in [1.29, 1.82) is 0 Å². The van der Waals surface area contributed by atoms with Crippen LogP contribution in [0, 0.1) is 6.92 Å². The van der Waals surface area contributed by atoms with Crippen LogP contribution in [-0.2, 0) is 12.2 Å². The van der Waals surface area contributed by atoms with Crippen molar-refractivity contribution in [2.45, 2.75) is 70.5 Å². The maximum Gasteiger partial charge on any atom is 0.172 e. The molecule has 0 atom stereocenters. The molecule has 0 radical (unpaired) electrons. The Morgan fingerprint density at radius 3 is 2.44 bits per heavy atom. The number of aryl methyl sites for hydroxylation is 2. The highest BCUT2D eigenvalue weighted by Gasteiger charge is 2.12. The molecule has 0 aliphatic rings. The molecule has 0 saturated heterocycles. The van der Waals surface area contributed by atoms with Gasteiger partial charge in [0.05, 0.1) is 5.02 Å². The summed E-state index contributed by atoms with van der Waals surface area (Å²) in [6, 6.07) is 9.86. The van der Waals surface area contributed by atoms with E-state index in [9.17, 15) is 0 Å². The number of unbranched alkanes of at least 4 members (excludes halogenated alkanes) is 7. The number of hydrogen-bond acceptors (Lipinski definition) is 5. The van der Waals surface area contributed by atoms with Gasteiger partial charge in [0.1, 0.15) is 4.60 Å². The van der Waals surface area contributed by atoms with Gasteiger partial charge in [0.15, 0.2) is 5.82 Å². The van der Waals surface area contributed by atoms with E-state index in [2.05, 4.69) is 55.1 Å². The number of aromatic nitrogens is 3. The Kier molecular flexibility index (Phi) is 12.9. The van der Waals surface area contributed by atoms with E-state index in [0.717, 1.165) is 40.5 Å². The Balaban J connectivity index is 1.28. The minimum absolute atomic E-state index is 0.612. The average Bonchev–Trinajstić information content (AvgIpc) is 3.22. The maximum atomic E-state index is 6.32. The smallest absolute Gasteiger partial charge is 0.172 e. The molecule has 0 aliphatic heterocycles. The summed E-state index contributed by atoms with van der Waals surface area (Å²) in [5, 5.41) is 9.59. The van der Waals surface area contributed by atoms with Crippen LogP contribution in [0.25, 0.3) is 5.82 Å². The summed E-state index contributed by atoms with van der Waals surface area (Å²) in [4.78, 5) is 4.40. The van der Waals surface area contributed by atoms with Gasteiger partial charge in [-0.3, -0.25) is 4.72 Å². The summed E-state index contributed by atoms with van der Waals surface area (Å²) in [7, 11) is 1.95. The molecule has 1 aromatic carbocycles. The molecule has 0 aliphatic carbocycles. The van der Waals surface area contributed by atoms with Crippen LogP contribution in [0.4, 0.5) is 5.69 Å². The van der Waals surface area contributed by atoms with Crippen LogP contribution in [0.15, 0.2) is 41.1 Å². The van der Waals surface area contributed by atoms with E-state index in [-0.39, 0.29) is 0 Å². The highest BCUT2D eigenvalue weighted by atomic mass is 79.9. The molecule has 0 spiro atoms. The van der Waals surface area contributed by atoms with Gasteiger partial charge in [-0.2, -0.15) is 5.10 Å². The zero-order chi connectivity index (χ0) is 25.8. The van der Waals surface area contributed by atoms with Crippen LogP contribution in [0.2, 0.25) is 10.0 Å². The standard InChI is InChI=1S/C27H36BrCl2N5S/c1-20-16-22(29)17-21(19-36-31-2)26(20)32-14-10-8-6-4-3-5-7-9-12-23-18-25(28)34-35(23)27-24(30)13-11-15-33-27/h11,13,15-18,31-32H,3-10,12,14,19H2,1-2H3. The van der Waals surface area contributed by atoms with Crippen LogP contribution < -0.4 is 10.0 Å². The molecule has 196 valence electrons. The predicted molar refractivity (Wildman–Crippen MR) is 160 cm³/mol. The van der Waals surface area contributed by atoms with Crippen molar-refractivity contribution in [3.63, 3.8) is 0 Å². The molecule has 0 unspecified atom stereocenters. The summed E-state index contributed by atoms with van der Waals surface area (Å²) in [5.74, 6) is 1.59. The average molecular weight is 613 g/mol. The van der Waals surface area contributed by atoms with Crippen molar-refractivity contribution in [3.05, 3.63) is 68.0 Å². The van der Waals surface area contributed by atoms with Gasteiger partial charge in [0, 0.05) is 34.9 Å². The third-order valence-corrected chi connectivity index (χ3v) is 7.75. The normalized spacial score (nSPS) is 11.2. The number of nitrogens with zero attached hydrogens (tertiary/aromatic N) is 3. The van der Waals surface area contributed by atoms with E-state index < -0.39 is 0 Å². The largest absolute Gasteiger partial charge is 0.385 e. The minimum atomic E-state index is 0.612. The van der Waals surface area contributed by atoms with Crippen molar-refractivity contribution in [2.75, 3.05) is 18.9 Å². The van der Waals surface area contributed by atoms with Gasteiger partial charge in [0.2, 0.25) is 0 Å². The highest BCUT2D eigenvalue weighted by Crippen LogP contribution is 2.28. The summed E-state index contributed by atoms with van der Waals surface area (Å²) in [5.41, 5.74) is 4.85. The van der Waals surface area contributed by atoms with Crippen LogP contribution in [0.1, 0.15) is 68.2 Å². The number of nitrogens with one attached hydrogen (secondary N) is 2. The summed E-state index contributed by atoms with van der Waals surface area (Å²) in [6.45, 7) is 3.13. The molecule has 2 aromatic heterocycles. The van der Waals surface area contributed by atoms with Gasteiger partial charge in [0.25, 0.3) is 0 Å². The molecule has 0 fully saturated rings. The molecule has 2 heterocycles. The van der Waals surface area contributed by atoms with Crippen LogP contribution >= 0.6 is 51.1 Å². The van der Waals surface area contributed by atoms with E-state index in [1.165, 1.54) is 61.8 Å². The lowest BCUT2D eigenvalue weighted by molar-refractivity contribution is 0.568. The number of pyridine rings is 1. The fraction of sp³-hybridized carbons (Fsp3) is 0.481. The Morgan fingerprint density at radius 2 is 1.72 bits per heavy atom. The predicted octanol–water partition coefficient (Wildman–Crippen LogP) is 8.79. The first-order valence-electron chi connectivity index (χ1n) is 12.7. The summed E-state index contributed by atoms with van der Waals surface area (Å²) < 4.78 is 5.81. The van der Waals surface area contributed by atoms with Crippen molar-refractivity contribution in [2.24, 2.45) is 0 Å². The van der Waals surface area contributed by atoms with Gasteiger partial charge in [-0.05, 0) is 90.6 Å². The molecule has 36 heavy (non-hydrogen) atoms. The monoisotopic (exact) mass is 611 g/mol. The van der Waals surface area contributed by atoms with Gasteiger partial charge >= 0.3 is 0 Å². The van der Waals surface area contributed by atoms with Crippen molar-refractivity contribution < 1.29 is 0 Å². The van der Waals surface area contributed by atoms with Gasteiger partial charge in [-0.15, -0.1) is 0 Å². The van der Waals surface area contributed by atoms with Crippen molar-refractivity contribution in [1.82, 2.24) is 19.5 Å². The molecular formula is C27H36BrCl2N5S. The molecule has 0 amide bonds. The first kappa shape index (κ1) is 29.3. The second-order valence-electron chi connectivity index (χ2n) is 8.93. The van der Waals surface area contributed by atoms with Crippen molar-refractivity contribution in [3.8, 4) is 5.82 Å². The summed E-state index contributed by atoms with van der Waals surface area (Å²) >= 11 is 17.8.